The van der Waals surface area contributed by atoms with E-state index in [9.17, 15) is 19.8 Å². The van der Waals surface area contributed by atoms with Crippen molar-refractivity contribution in [3.8, 4) is 0 Å². The highest BCUT2D eigenvalue weighted by molar-refractivity contribution is 5.80. The quantitative estimate of drug-likeness (QED) is 0.734. The van der Waals surface area contributed by atoms with E-state index in [1.807, 2.05) is 13.8 Å². The van der Waals surface area contributed by atoms with Gasteiger partial charge in [-0.1, -0.05) is 34.1 Å². The van der Waals surface area contributed by atoms with Crippen LogP contribution in [0.2, 0.25) is 0 Å². The van der Waals surface area contributed by atoms with E-state index in [0.717, 1.165) is 6.42 Å². The Kier molecular flexibility index (Phi) is 4.41. The van der Waals surface area contributed by atoms with Crippen molar-refractivity contribution in [1.29, 1.82) is 0 Å². The Morgan fingerprint density at radius 1 is 1.33 bits per heavy atom. The zero-order valence-electron chi connectivity index (χ0n) is 11.6. The molecule has 104 valence electrons. The Morgan fingerprint density at radius 3 is 2.11 bits per heavy atom. The maximum Gasteiger partial charge on any atom is 0.307 e. The molecular weight excluding hydrogens is 232 g/mol. The monoisotopic (exact) mass is 256 g/mol. The van der Waals surface area contributed by atoms with Gasteiger partial charge in [0.1, 0.15) is 0 Å². The van der Waals surface area contributed by atoms with Crippen LogP contribution in [-0.4, -0.2) is 22.2 Å². The third kappa shape index (κ3) is 3.03. The molecule has 0 aromatic heterocycles. The molecule has 1 aliphatic rings. The number of rotatable bonds is 7. The lowest BCUT2D eigenvalue weighted by atomic mass is 9.76. The second-order valence-corrected chi connectivity index (χ2v) is 6.16. The van der Waals surface area contributed by atoms with E-state index in [1.165, 1.54) is 0 Å². The van der Waals surface area contributed by atoms with Gasteiger partial charge in [-0.15, -0.1) is 0 Å². The summed E-state index contributed by atoms with van der Waals surface area (Å²) in [4.78, 5) is 22.8. The second-order valence-electron chi connectivity index (χ2n) is 6.16. The zero-order valence-corrected chi connectivity index (χ0v) is 11.6. The van der Waals surface area contributed by atoms with Crippen molar-refractivity contribution in [3.63, 3.8) is 0 Å². The molecule has 1 aliphatic carbocycles. The van der Waals surface area contributed by atoms with Crippen LogP contribution in [0, 0.1) is 29.1 Å². The van der Waals surface area contributed by atoms with Crippen LogP contribution in [0.4, 0.5) is 0 Å². The normalized spacial score (nSPS) is 31.4. The largest absolute Gasteiger partial charge is 0.481 e. The molecule has 0 aliphatic heterocycles. The molecule has 0 bridgehead atoms. The van der Waals surface area contributed by atoms with E-state index in [-0.39, 0.29) is 11.3 Å². The number of hydrogen-bond acceptors (Lipinski definition) is 2. The Bertz CT molecular complexity index is 339. The van der Waals surface area contributed by atoms with Crippen LogP contribution in [-0.2, 0) is 9.59 Å². The number of carboxylic acids is 2. The highest BCUT2D eigenvalue weighted by Gasteiger charge is 2.51. The first-order valence-electron chi connectivity index (χ1n) is 6.68. The SMILES string of the molecule is CCC(C)C(C(=O)O)C(CC1(C)CC1C)C(=O)O. The Balaban J connectivity index is 2.88. The highest BCUT2D eigenvalue weighted by atomic mass is 16.4. The van der Waals surface area contributed by atoms with Crippen molar-refractivity contribution < 1.29 is 19.8 Å². The first-order valence-corrected chi connectivity index (χ1v) is 6.68. The van der Waals surface area contributed by atoms with Gasteiger partial charge in [-0.2, -0.15) is 0 Å². The fourth-order valence-electron chi connectivity index (χ4n) is 2.86. The van der Waals surface area contributed by atoms with Crippen LogP contribution in [0.3, 0.4) is 0 Å². The molecule has 5 atom stereocenters. The minimum absolute atomic E-state index is 0.0181. The fraction of sp³-hybridized carbons (Fsp3) is 0.857. The van der Waals surface area contributed by atoms with Crippen molar-refractivity contribution in [3.05, 3.63) is 0 Å². The molecule has 4 heteroatoms. The van der Waals surface area contributed by atoms with Gasteiger partial charge in [0.15, 0.2) is 0 Å². The fourth-order valence-corrected chi connectivity index (χ4v) is 2.86. The molecular formula is C14H24O4. The summed E-state index contributed by atoms with van der Waals surface area (Å²) in [6.07, 6.45) is 2.17. The average Bonchev–Trinajstić information content (AvgIpc) is 2.84. The second kappa shape index (κ2) is 5.29. The Hall–Kier alpha value is -1.06. The molecule has 0 aromatic rings. The standard InChI is InChI=1S/C14H24O4/c1-5-8(2)11(13(17)18)10(12(15)16)7-14(4)6-9(14)3/h8-11H,5-7H2,1-4H3,(H,15,16)(H,17,18). The molecule has 4 nitrogen and oxygen atoms in total. The maximum absolute atomic E-state index is 11.4. The van der Waals surface area contributed by atoms with E-state index < -0.39 is 23.8 Å². The van der Waals surface area contributed by atoms with Crippen LogP contribution >= 0.6 is 0 Å². The minimum Gasteiger partial charge on any atom is -0.481 e. The van der Waals surface area contributed by atoms with Gasteiger partial charge in [-0.3, -0.25) is 9.59 Å². The van der Waals surface area contributed by atoms with Gasteiger partial charge >= 0.3 is 11.9 Å². The summed E-state index contributed by atoms with van der Waals surface area (Å²) in [5.74, 6) is -3.10. The summed E-state index contributed by atoms with van der Waals surface area (Å²) >= 11 is 0. The third-order valence-corrected chi connectivity index (χ3v) is 4.78. The van der Waals surface area contributed by atoms with E-state index >= 15 is 0 Å². The Morgan fingerprint density at radius 2 is 1.83 bits per heavy atom. The van der Waals surface area contributed by atoms with Gasteiger partial charge in [0.05, 0.1) is 11.8 Å². The molecule has 0 radical (unpaired) electrons. The summed E-state index contributed by atoms with van der Waals surface area (Å²) in [6, 6.07) is 0. The van der Waals surface area contributed by atoms with Gasteiger partial charge in [0, 0.05) is 0 Å². The first-order chi connectivity index (χ1) is 8.23. The molecule has 1 fully saturated rings. The number of hydrogen-bond donors (Lipinski definition) is 2. The number of carboxylic acid groups (broad SMARTS) is 2. The van der Waals surface area contributed by atoms with Gasteiger partial charge in [0.25, 0.3) is 0 Å². The minimum atomic E-state index is -0.978. The molecule has 0 saturated heterocycles. The van der Waals surface area contributed by atoms with Gasteiger partial charge in [-0.05, 0) is 30.1 Å². The smallest absolute Gasteiger partial charge is 0.307 e. The lowest BCUT2D eigenvalue weighted by molar-refractivity contribution is -0.157. The van der Waals surface area contributed by atoms with Crippen molar-refractivity contribution in [1.82, 2.24) is 0 Å². The van der Waals surface area contributed by atoms with E-state index in [1.54, 1.807) is 0 Å². The molecule has 1 saturated carbocycles. The van der Waals surface area contributed by atoms with E-state index in [0.29, 0.717) is 18.8 Å². The highest BCUT2D eigenvalue weighted by Crippen LogP contribution is 2.57. The van der Waals surface area contributed by atoms with Gasteiger partial charge in [0.2, 0.25) is 0 Å². The van der Waals surface area contributed by atoms with Crippen molar-refractivity contribution in [2.75, 3.05) is 0 Å². The van der Waals surface area contributed by atoms with Crippen molar-refractivity contribution >= 4 is 11.9 Å². The van der Waals surface area contributed by atoms with E-state index in [2.05, 4.69) is 13.8 Å². The van der Waals surface area contributed by atoms with E-state index in [4.69, 9.17) is 0 Å². The molecule has 2 N–H and O–H groups in total. The van der Waals surface area contributed by atoms with Crippen LogP contribution in [0.25, 0.3) is 0 Å². The zero-order chi connectivity index (χ0) is 14.1. The molecule has 0 spiro atoms. The van der Waals surface area contributed by atoms with Crippen molar-refractivity contribution in [2.24, 2.45) is 29.1 Å². The molecule has 0 heterocycles. The van der Waals surface area contributed by atoms with Crippen LogP contribution in [0.15, 0.2) is 0 Å². The van der Waals surface area contributed by atoms with Gasteiger partial charge in [-0.25, -0.2) is 0 Å². The summed E-state index contributed by atoms with van der Waals surface area (Å²) < 4.78 is 0. The summed E-state index contributed by atoms with van der Waals surface area (Å²) in [6.45, 7) is 7.88. The number of aliphatic carboxylic acids is 2. The lowest BCUT2D eigenvalue weighted by Crippen LogP contribution is -2.36. The topological polar surface area (TPSA) is 74.6 Å². The molecule has 18 heavy (non-hydrogen) atoms. The molecule has 1 rings (SSSR count). The predicted octanol–water partition coefficient (Wildman–Crippen LogP) is 2.87. The first kappa shape index (κ1) is 15.0. The molecule has 0 amide bonds. The summed E-state index contributed by atoms with van der Waals surface area (Å²) in [5, 5.41) is 18.7. The average molecular weight is 256 g/mol. The maximum atomic E-state index is 11.4. The Labute approximate surface area is 108 Å². The lowest BCUT2D eigenvalue weighted by Gasteiger charge is -2.27. The van der Waals surface area contributed by atoms with Crippen LogP contribution < -0.4 is 0 Å². The van der Waals surface area contributed by atoms with Crippen molar-refractivity contribution in [2.45, 2.75) is 47.0 Å². The summed E-state index contributed by atoms with van der Waals surface area (Å²) in [7, 11) is 0. The number of carbonyl (C=O) groups is 2. The van der Waals surface area contributed by atoms with Crippen LogP contribution in [0.1, 0.15) is 47.0 Å². The molecule has 0 aromatic carbocycles. The third-order valence-electron chi connectivity index (χ3n) is 4.78. The summed E-state index contributed by atoms with van der Waals surface area (Å²) in [5.41, 5.74) is 0.0181. The van der Waals surface area contributed by atoms with Crippen LogP contribution in [0.5, 0.6) is 0 Å². The van der Waals surface area contributed by atoms with Gasteiger partial charge < -0.3 is 10.2 Å². The molecule has 5 unspecified atom stereocenters. The predicted molar refractivity (Wildman–Crippen MR) is 68.2 cm³/mol.